The van der Waals surface area contributed by atoms with E-state index in [9.17, 15) is 19.5 Å². The van der Waals surface area contributed by atoms with Crippen molar-refractivity contribution in [3.05, 3.63) is 65.2 Å². The van der Waals surface area contributed by atoms with Gasteiger partial charge in [-0.1, -0.05) is 36.4 Å². The van der Waals surface area contributed by atoms with Crippen LogP contribution in [-0.2, 0) is 35.2 Å². The molecule has 2 saturated heterocycles. The Morgan fingerprint density at radius 3 is 2.47 bits per heavy atom. The highest BCUT2D eigenvalue weighted by Gasteiger charge is 2.39. The van der Waals surface area contributed by atoms with Crippen LogP contribution in [0.5, 0.6) is 0 Å². The number of aliphatic hydroxyl groups excluding tert-OH is 1. The van der Waals surface area contributed by atoms with Crippen LogP contribution < -0.4 is 5.32 Å². The monoisotopic (exact) mass is 596 g/mol. The fraction of sp³-hybridized carbons (Fsp3) is 0.545. The SMILES string of the molecule is CC(C)(C)OC(=O)[C@@H]1CCCN1C[C@H]1C[C@@H](c2ccc(CO)cc2)O[C@@H](c2cccc(NC(=O)CCCCC(=O)O)c2)O1. The van der Waals surface area contributed by atoms with Crippen molar-refractivity contribution in [3.8, 4) is 0 Å². The molecule has 43 heavy (non-hydrogen) atoms. The van der Waals surface area contributed by atoms with Gasteiger partial charge >= 0.3 is 11.9 Å². The van der Waals surface area contributed by atoms with E-state index in [4.69, 9.17) is 19.3 Å². The van der Waals surface area contributed by atoms with Crippen LogP contribution in [0.3, 0.4) is 0 Å². The first-order valence-corrected chi connectivity index (χ1v) is 15.1. The lowest BCUT2D eigenvalue weighted by Gasteiger charge is -2.38. The molecule has 10 nitrogen and oxygen atoms in total. The summed E-state index contributed by atoms with van der Waals surface area (Å²) in [5, 5.41) is 21.2. The lowest BCUT2D eigenvalue weighted by atomic mass is 9.99. The number of esters is 1. The van der Waals surface area contributed by atoms with Crippen molar-refractivity contribution >= 4 is 23.5 Å². The van der Waals surface area contributed by atoms with Crippen molar-refractivity contribution in [3.63, 3.8) is 0 Å². The van der Waals surface area contributed by atoms with Crippen LogP contribution in [0.2, 0.25) is 0 Å². The highest BCUT2D eigenvalue weighted by atomic mass is 16.7. The molecule has 0 spiro atoms. The zero-order valence-electron chi connectivity index (χ0n) is 25.3. The highest BCUT2D eigenvalue weighted by Crippen LogP contribution is 2.39. The minimum absolute atomic E-state index is 0.0418. The average molecular weight is 597 g/mol. The van der Waals surface area contributed by atoms with Crippen molar-refractivity contribution in [2.45, 2.75) is 102 Å². The Bertz CT molecular complexity index is 1240. The molecule has 4 rings (SSSR count). The largest absolute Gasteiger partial charge is 0.481 e. The lowest BCUT2D eigenvalue weighted by Crippen LogP contribution is -2.45. The standard InChI is InChI=1S/C33H44N2O8/c1-33(2,3)43-31(40)27-10-7-17-35(27)20-26-19-28(23-15-13-22(21-36)14-16-23)42-32(41-26)24-8-6-9-25(18-24)34-29(37)11-4-5-12-30(38)39/h6,8-9,13-16,18,26-28,32,36H,4-5,7,10-12,17,19-21H2,1-3H3,(H,34,37)(H,38,39)/t26-,27+,28+,32+/m1/s1. The van der Waals surface area contributed by atoms with Gasteiger partial charge in [-0.15, -0.1) is 0 Å². The molecule has 2 aliphatic heterocycles. The number of ether oxygens (including phenoxy) is 3. The normalized spacial score (nSPS) is 22.7. The summed E-state index contributed by atoms with van der Waals surface area (Å²) in [7, 11) is 0. The third-order valence-electron chi connectivity index (χ3n) is 7.58. The Morgan fingerprint density at radius 2 is 1.77 bits per heavy atom. The molecule has 0 saturated carbocycles. The summed E-state index contributed by atoms with van der Waals surface area (Å²) in [5.74, 6) is -1.27. The van der Waals surface area contributed by atoms with E-state index in [2.05, 4.69) is 10.2 Å². The van der Waals surface area contributed by atoms with E-state index in [1.54, 1.807) is 6.07 Å². The molecule has 2 heterocycles. The van der Waals surface area contributed by atoms with E-state index in [0.29, 0.717) is 31.5 Å². The molecule has 2 aromatic rings. The lowest BCUT2D eigenvalue weighted by molar-refractivity contribution is -0.253. The summed E-state index contributed by atoms with van der Waals surface area (Å²) in [5.41, 5.74) is 2.56. The van der Waals surface area contributed by atoms with Gasteiger partial charge in [0.1, 0.15) is 11.6 Å². The van der Waals surface area contributed by atoms with Crippen molar-refractivity contribution in [2.75, 3.05) is 18.4 Å². The van der Waals surface area contributed by atoms with Gasteiger partial charge in [-0.3, -0.25) is 19.3 Å². The van der Waals surface area contributed by atoms with Crippen molar-refractivity contribution in [2.24, 2.45) is 0 Å². The van der Waals surface area contributed by atoms with Gasteiger partial charge in [-0.2, -0.15) is 0 Å². The zero-order valence-corrected chi connectivity index (χ0v) is 25.3. The number of likely N-dealkylation sites (tertiary alicyclic amines) is 1. The van der Waals surface area contributed by atoms with E-state index in [1.165, 1.54) is 0 Å². The van der Waals surface area contributed by atoms with Crippen molar-refractivity contribution in [1.82, 2.24) is 4.90 Å². The van der Waals surface area contributed by atoms with Gasteiger partial charge in [0, 0.05) is 37.1 Å². The minimum Gasteiger partial charge on any atom is -0.481 e. The molecule has 234 valence electrons. The summed E-state index contributed by atoms with van der Waals surface area (Å²) in [6.45, 7) is 6.90. The van der Waals surface area contributed by atoms with Crippen molar-refractivity contribution in [1.29, 1.82) is 0 Å². The predicted molar refractivity (Wildman–Crippen MR) is 160 cm³/mol. The molecule has 2 aliphatic rings. The van der Waals surface area contributed by atoms with Gasteiger partial charge in [0.2, 0.25) is 5.91 Å². The molecule has 10 heteroatoms. The zero-order chi connectivity index (χ0) is 31.0. The number of amides is 1. The summed E-state index contributed by atoms with van der Waals surface area (Å²) >= 11 is 0. The number of nitrogens with one attached hydrogen (secondary N) is 1. The third-order valence-corrected chi connectivity index (χ3v) is 7.58. The molecule has 0 radical (unpaired) electrons. The first-order valence-electron chi connectivity index (χ1n) is 15.1. The second-order valence-corrected chi connectivity index (χ2v) is 12.3. The number of hydrogen-bond acceptors (Lipinski definition) is 8. The number of nitrogens with zero attached hydrogens (tertiary/aromatic N) is 1. The Balaban J connectivity index is 1.48. The number of carboxylic acid groups (broad SMARTS) is 1. The first-order chi connectivity index (χ1) is 20.5. The summed E-state index contributed by atoms with van der Waals surface area (Å²) in [6, 6.07) is 14.7. The van der Waals surface area contributed by atoms with E-state index < -0.39 is 17.9 Å². The average Bonchev–Trinajstić information content (AvgIpc) is 3.43. The van der Waals surface area contributed by atoms with Crippen LogP contribution >= 0.6 is 0 Å². The molecule has 0 aromatic heterocycles. The number of aliphatic carboxylic acids is 1. The maximum atomic E-state index is 13.0. The summed E-state index contributed by atoms with van der Waals surface area (Å²) < 4.78 is 18.7. The van der Waals surface area contributed by atoms with Crippen molar-refractivity contribution < 1.29 is 38.8 Å². The number of carboxylic acids is 1. The fourth-order valence-electron chi connectivity index (χ4n) is 5.52. The van der Waals surface area contributed by atoms with Crippen LogP contribution in [0.1, 0.15) is 94.8 Å². The van der Waals surface area contributed by atoms with Gasteiger partial charge in [-0.25, -0.2) is 0 Å². The van der Waals surface area contributed by atoms with Crippen LogP contribution in [0.15, 0.2) is 48.5 Å². The summed E-state index contributed by atoms with van der Waals surface area (Å²) in [6.07, 6.45) is 2.20. The Morgan fingerprint density at radius 1 is 1.02 bits per heavy atom. The first kappa shape index (κ1) is 32.6. The highest BCUT2D eigenvalue weighted by molar-refractivity contribution is 5.90. The van der Waals surface area contributed by atoms with Crippen LogP contribution in [0, 0.1) is 0 Å². The minimum atomic E-state index is -0.869. The second-order valence-electron chi connectivity index (χ2n) is 12.3. The smallest absolute Gasteiger partial charge is 0.323 e. The number of carbonyl (C=O) groups is 3. The predicted octanol–water partition coefficient (Wildman–Crippen LogP) is 5.11. The molecule has 2 fully saturated rings. The van der Waals surface area contributed by atoms with Gasteiger partial charge in [0.05, 0.1) is 18.8 Å². The molecule has 4 atom stereocenters. The van der Waals surface area contributed by atoms with Crippen LogP contribution in [-0.4, -0.2) is 63.8 Å². The molecule has 0 aliphatic carbocycles. The molecule has 1 amide bonds. The number of carbonyl (C=O) groups excluding carboxylic acids is 2. The van der Waals surface area contributed by atoms with Crippen LogP contribution in [0.25, 0.3) is 0 Å². The molecule has 0 bridgehead atoms. The van der Waals surface area contributed by atoms with Gasteiger partial charge in [0.25, 0.3) is 0 Å². The fourth-order valence-corrected chi connectivity index (χ4v) is 5.52. The Labute approximate surface area is 253 Å². The second kappa shape index (κ2) is 14.9. The molecular weight excluding hydrogens is 552 g/mol. The number of benzene rings is 2. The van der Waals surface area contributed by atoms with Gasteiger partial charge in [-0.05, 0) is 76.3 Å². The van der Waals surface area contributed by atoms with Gasteiger partial charge < -0.3 is 29.7 Å². The van der Waals surface area contributed by atoms with Gasteiger partial charge in [0.15, 0.2) is 6.29 Å². The molecule has 2 aromatic carbocycles. The quantitative estimate of drug-likeness (QED) is 0.226. The summed E-state index contributed by atoms with van der Waals surface area (Å²) in [4.78, 5) is 38.3. The van der Waals surface area contributed by atoms with E-state index in [-0.39, 0.29) is 49.6 Å². The van der Waals surface area contributed by atoms with E-state index >= 15 is 0 Å². The molecular formula is C33H44N2O8. The Kier molecular flexibility index (Phi) is 11.3. The Hall–Kier alpha value is -3.31. The van der Waals surface area contributed by atoms with E-state index in [0.717, 1.165) is 36.1 Å². The molecule has 3 N–H and O–H groups in total. The third kappa shape index (κ3) is 9.86. The maximum absolute atomic E-state index is 13.0. The topological polar surface area (TPSA) is 135 Å². The number of unbranched alkanes of at least 4 members (excludes halogenated alkanes) is 1. The number of rotatable bonds is 12. The molecule has 0 unspecified atom stereocenters. The number of anilines is 1. The number of aliphatic hydroxyl groups is 1. The maximum Gasteiger partial charge on any atom is 0.323 e. The van der Waals surface area contributed by atoms with Crippen LogP contribution in [0.4, 0.5) is 5.69 Å². The van der Waals surface area contributed by atoms with E-state index in [1.807, 2.05) is 63.2 Å². The number of hydrogen-bond donors (Lipinski definition) is 3.